The summed E-state index contributed by atoms with van der Waals surface area (Å²) < 4.78 is 23.4. The normalized spacial score (nSPS) is 10.4. The van der Waals surface area contributed by atoms with Gasteiger partial charge in [-0.1, -0.05) is 11.6 Å². The van der Waals surface area contributed by atoms with E-state index in [1.54, 1.807) is 0 Å². The minimum atomic E-state index is -1.25. The van der Waals surface area contributed by atoms with Crippen molar-refractivity contribution < 1.29 is 23.4 Å². The molecule has 1 aromatic heterocycles. The van der Waals surface area contributed by atoms with Gasteiger partial charge in [-0.15, -0.1) is 0 Å². The SMILES string of the molecule is O=C(O)c1coc(Oc2cc(F)c(Cl)cc2Br)n1. The summed E-state index contributed by atoms with van der Waals surface area (Å²) in [4.78, 5) is 14.1. The molecule has 0 amide bonds. The maximum Gasteiger partial charge on any atom is 0.399 e. The van der Waals surface area contributed by atoms with Crippen LogP contribution < -0.4 is 4.74 Å². The molecule has 8 heteroatoms. The number of hydrogen-bond acceptors (Lipinski definition) is 4. The van der Waals surface area contributed by atoms with Crippen LogP contribution in [0.25, 0.3) is 0 Å². The number of aromatic nitrogens is 1. The number of hydrogen-bond donors (Lipinski definition) is 1. The molecule has 0 spiro atoms. The van der Waals surface area contributed by atoms with Crippen LogP contribution in [-0.4, -0.2) is 16.1 Å². The number of halogens is 3. The van der Waals surface area contributed by atoms with Gasteiger partial charge in [0.2, 0.25) is 0 Å². The average Bonchev–Trinajstić information content (AvgIpc) is 2.74. The van der Waals surface area contributed by atoms with E-state index in [1.165, 1.54) is 6.07 Å². The molecule has 0 fully saturated rings. The number of aromatic carboxylic acids is 1. The second kappa shape index (κ2) is 4.95. The Kier molecular flexibility index (Phi) is 3.53. The van der Waals surface area contributed by atoms with Crippen LogP contribution in [-0.2, 0) is 0 Å². The smallest absolute Gasteiger partial charge is 0.399 e. The van der Waals surface area contributed by atoms with Gasteiger partial charge in [-0.2, -0.15) is 4.98 Å². The lowest BCUT2D eigenvalue weighted by Gasteiger charge is -2.04. The van der Waals surface area contributed by atoms with E-state index in [-0.39, 0.29) is 22.5 Å². The van der Waals surface area contributed by atoms with Crippen LogP contribution in [0.3, 0.4) is 0 Å². The number of benzene rings is 1. The summed E-state index contributed by atoms with van der Waals surface area (Å²) in [7, 11) is 0. The van der Waals surface area contributed by atoms with Crippen molar-refractivity contribution in [3.63, 3.8) is 0 Å². The van der Waals surface area contributed by atoms with Crippen LogP contribution in [0.4, 0.5) is 4.39 Å². The first-order valence-electron chi connectivity index (χ1n) is 4.48. The number of carbonyl (C=O) groups is 1. The molecule has 0 aliphatic heterocycles. The van der Waals surface area contributed by atoms with E-state index in [0.29, 0.717) is 4.47 Å². The molecule has 5 nitrogen and oxygen atoms in total. The summed E-state index contributed by atoms with van der Waals surface area (Å²) in [5.41, 5.74) is -0.310. The highest BCUT2D eigenvalue weighted by atomic mass is 79.9. The molecule has 1 aromatic carbocycles. The van der Waals surface area contributed by atoms with Gasteiger partial charge in [0.25, 0.3) is 0 Å². The van der Waals surface area contributed by atoms with Crippen LogP contribution >= 0.6 is 27.5 Å². The maximum absolute atomic E-state index is 13.2. The molecule has 94 valence electrons. The van der Waals surface area contributed by atoms with E-state index in [9.17, 15) is 9.18 Å². The third-order valence-electron chi connectivity index (χ3n) is 1.87. The highest BCUT2D eigenvalue weighted by Crippen LogP contribution is 2.33. The van der Waals surface area contributed by atoms with Gasteiger partial charge in [0, 0.05) is 6.07 Å². The molecule has 1 N–H and O–H groups in total. The van der Waals surface area contributed by atoms with Gasteiger partial charge in [-0.3, -0.25) is 0 Å². The first-order chi connectivity index (χ1) is 8.47. The quantitative estimate of drug-likeness (QED) is 0.865. The fourth-order valence-electron chi connectivity index (χ4n) is 1.08. The van der Waals surface area contributed by atoms with Crippen molar-refractivity contribution in [1.82, 2.24) is 4.98 Å². The number of oxazole rings is 1. The molecule has 0 unspecified atom stereocenters. The molecular formula is C10H4BrClFNO4. The molecule has 0 saturated carbocycles. The molecule has 0 aliphatic carbocycles. The number of carboxylic acid groups (broad SMARTS) is 1. The van der Waals surface area contributed by atoms with Crippen molar-refractivity contribution in [3.8, 4) is 11.8 Å². The molecule has 1 heterocycles. The van der Waals surface area contributed by atoms with Crippen molar-refractivity contribution >= 4 is 33.5 Å². The fraction of sp³-hybridized carbons (Fsp3) is 0. The number of ether oxygens (including phenoxy) is 1. The highest BCUT2D eigenvalue weighted by Gasteiger charge is 2.14. The molecular weight excluding hydrogens is 332 g/mol. The van der Waals surface area contributed by atoms with Crippen molar-refractivity contribution in [2.75, 3.05) is 0 Å². The first kappa shape index (κ1) is 12.8. The molecule has 0 aliphatic rings. The van der Waals surface area contributed by atoms with Gasteiger partial charge >= 0.3 is 12.0 Å². The average molecular weight is 336 g/mol. The summed E-state index contributed by atoms with van der Waals surface area (Å²) >= 11 is 8.67. The summed E-state index contributed by atoms with van der Waals surface area (Å²) in [6.45, 7) is 0. The number of carboxylic acids is 1. The van der Waals surface area contributed by atoms with Crippen molar-refractivity contribution in [2.24, 2.45) is 0 Å². The summed E-state index contributed by atoms with van der Waals surface area (Å²) in [6, 6.07) is 2.32. The molecule has 2 aromatic rings. The molecule has 0 bridgehead atoms. The van der Waals surface area contributed by atoms with Crippen LogP contribution in [0.15, 0.2) is 27.3 Å². The molecule has 18 heavy (non-hydrogen) atoms. The second-order valence-corrected chi connectivity index (χ2v) is 4.36. The fourth-order valence-corrected chi connectivity index (χ4v) is 1.80. The van der Waals surface area contributed by atoms with E-state index >= 15 is 0 Å². The second-order valence-electron chi connectivity index (χ2n) is 3.10. The Morgan fingerprint density at radius 2 is 2.28 bits per heavy atom. The Bertz CT molecular complexity index is 616. The van der Waals surface area contributed by atoms with E-state index in [2.05, 4.69) is 20.9 Å². The van der Waals surface area contributed by atoms with Crippen molar-refractivity contribution in [1.29, 1.82) is 0 Å². The number of rotatable bonds is 3. The third kappa shape index (κ3) is 2.62. The van der Waals surface area contributed by atoms with Crippen LogP contribution in [0.1, 0.15) is 10.5 Å². The van der Waals surface area contributed by atoms with Crippen molar-refractivity contribution in [2.45, 2.75) is 0 Å². The summed E-state index contributed by atoms with van der Waals surface area (Å²) in [6.07, 6.45) is 0.604. The van der Waals surface area contributed by atoms with Crippen LogP contribution in [0.5, 0.6) is 11.8 Å². The van der Waals surface area contributed by atoms with Gasteiger partial charge < -0.3 is 14.3 Å². The topological polar surface area (TPSA) is 72.6 Å². The molecule has 0 atom stereocenters. The highest BCUT2D eigenvalue weighted by molar-refractivity contribution is 9.10. The van der Waals surface area contributed by atoms with Crippen LogP contribution in [0, 0.1) is 5.82 Å². The summed E-state index contributed by atoms with van der Waals surface area (Å²) in [5, 5.41) is 8.56. The van der Waals surface area contributed by atoms with Gasteiger partial charge in [-0.25, -0.2) is 9.18 Å². The predicted octanol–water partition coefficient (Wildman–Crippen LogP) is 3.72. The minimum absolute atomic E-state index is 0.0655. The standard InChI is InChI=1S/C10H4BrClFNO4/c11-4-1-5(12)6(13)2-8(4)18-10-14-7(3-17-10)9(15)16/h1-3H,(H,15,16). The lowest BCUT2D eigenvalue weighted by molar-refractivity contribution is 0.0690. The van der Waals surface area contributed by atoms with E-state index in [1.807, 2.05) is 0 Å². The van der Waals surface area contributed by atoms with E-state index < -0.39 is 11.8 Å². The van der Waals surface area contributed by atoms with Gasteiger partial charge in [-0.05, 0) is 22.0 Å². The molecule has 2 rings (SSSR count). The van der Waals surface area contributed by atoms with Crippen molar-refractivity contribution in [3.05, 3.63) is 39.4 Å². The number of nitrogens with zero attached hydrogens (tertiary/aromatic N) is 1. The van der Waals surface area contributed by atoms with Gasteiger partial charge in [0.05, 0.1) is 9.50 Å². The summed E-state index contributed by atoms with van der Waals surface area (Å²) in [5.74, 6) is -1.87. The lowest BCUT2D eigenvalue weighted by atomic mass is 10.3. The zero-order chi connectivity index (χ0) is 13.3. The third-order valence-corrected chi connectivity index (χ3v) is 2.78. The van der Waals surface area contributed by atoms with Gasteiger partial charge in [0.15, 0.2) is 5.69 Å². The monoisotopic (exact) mass is 335 g/mol. The first-order valence-corrected chi connectivity index (χ1v) is 5.65. The zero-order valence-corrected chi connectivity index (χ0v) is 10.8. The largest absolute Gasteiger partial charge is 0.476 e. The minimum Gasteiger partial charge on any atom is -0.476 e. The van der Waals surface area contributed by atoms with Crippen LogP contribution in [0.2, 0.25) is 5.02 Å². The van der Waals surface area contributed by atoms with E-state index in [4.69, 9.17) is 25.9 Å². The van der Waals surface area contributed by atoms with E-state index in [0.717, 1.165) is 12.3 Å². The Morgan fingerprint density at radius 1 is 1.56 bits per heavy atom. The molecule has 0 radical (unpaired) electrons. The zero-order valence-electron chi connectivity index (χ0n) is 8.49. The van der Waals surface area contributed by atoms with Gasteiger partial charge in [0.1, 0.15) is 17.8 Å². The Labute approximate surface area is 113 Å². The Morgan fingerprint density at radius 3 is 2.89 bits per heavy atom. The molecule has 0 saturated heterocycles. The predicted molar refractivity (Wildman–Crippen MR) is 62.6 cm³/mol. The Hall–Kier alpha value is -1.60. The maximum atomic E-state index is 13.2. The Balaban J connectivity index is 2.28. The lowest BCUT2D eigenvalue weighted by Crippen LogP contribution is -1.96.